The predicted molar refractivity (Wildman–Crippen MR) is 103 cm³/mol. The molecule has 1 heterocycles. The topological polar surface area (TPSA) is 66.9 Å². The van der Waals surface area contributed by atoms with Crippen LogP contribution in [0.5, 0.6) is 0 Å². The minimum Gasteiger partial charge on any atom is -0.463 e. The molecule has 0 N–H and O–H groups in total. The van der Waals surface area contributed by atoms with E-state index in [1.807, 2.05) is 0 Å². The van der Waals surface area contributed by atoms with Gasteiger partial charge in [0.25, 0.3) is 5.91 Å². The zero-order valence-electron chi connectivity index (χ0n) is 14.2. The monoisotopic (exact) mass is 404 g/mol. The molecule has 1 saturated heterocycles. The lowest BCUT2D eigenvalue weighted by molar-refractivity contribution is -0.137. The molecule has 1 aliphatic rings. The number of carbonyl (C=O) groups is 3. The summed E-state index contributed by atoms with van der Waals surface area (Å²) < 4.78 is 4.88. The molecule has 0 saturated carbocycles. The number of esters is 1. The fraction of sp³-hybridized carbons (Fsp3) is 0.105. The van der Waals surface area contributed by atoms with Gasteiger partial charge >= 0.3 is 12.0 Å². The maximum absolute atomic E-state index is 13.0. The van der Waals surface area contributed by atoms with E-state index in [1.165, 1.54) is 0 Å². The fourth-order valence-corrected chi connectivity index (χ4v) is 2.83. The van der Waals surface area contributed by atoms with Crippen molar-refractivity contribution in [3.05, 3.63) is 70.3 Å². The number of halogens is 2. The summed E-state index contributed by atoms with van der Waals surface area (Å²) in [4.78, 5) is 40.0. The van der Waals surface area contributed by atoms with E-state index in [2.05, 4.69) is 0 Å². The van der Waals surface area contributed by atoms with E-state index in [1.54, 1.807) is 55.5 Å². The van der Waals surface area contributed by atoms with Gasteiger partial charge in [0.05, 0.1) is 24.1 Å². The molecule has 8 heteroatoms. The molecule has 1 fully saturated rings. The normalized spacial score (nSPS) is 15.6. The first kappa shape index (κ1) is 18.9. The van der Waals surface area contributed by atoms with Gasteiger partial charge in [0.1, 0.15) is 5.70 Å². The summed E-state index contributed by atoms with van der Waals surface area (Å²) in [5, 5.41) is 0.942. The highest BCUT2D eigenvalue weighted by atomic mass is 35.5. The molecule has 138 valence electrons. The van der Waals surface area contributed by atoms with Crippen LogP contribution in [0.4, 0.5) is 16.2 Å². The Kier molecular flexibility index (Phi) is 5.48. The molecule has 6 nitrogen and oxygen atoms in total. The second-order valence-corrected chi connectivity index (χ2v) is 6.37. The molecule has 3 rings (SSSR count). The maximum atomic E-state index is 13.0. The Morgan fingerprint density at radius 2 is 1.41 bits per heavy atom. The van der Waals surface area contributed by atoms with Crippen LogP contribution in [0.15, 0.2) is 60.3 Å². The predicted octanol–water partition coefficient (Wildman–Crippen LogP) is 4.41. The van der Waals surface area contributed by atoms with Gasteiger partial charge in [-0.05, 0) is 55.5 Å². The number of imide groups is 1. The molecule has 0 radical (unpaired) electrons. The van der Waals surface area contributed by atoms with E-state index < -0.39 is 17.9 Å². The maximum Gasteiger partial charge on any atom is 0.340 e. The van der Waals surface area contributed by atoms with E-state index >= 15 is 0 Å². The van der Waals surface area contributed by atoms with Crippen LogP contribution in [0.3, 0.4) is 0 Å². The fourth-order valence-electron chi connectivity index (χ4n) is 2.58. The van der Waals surface area contributed by atoms with Crippen LogP contribution in [-0.4, -0.2) is 24.5 Å². The summed E-state index contributed by atoms with van der Waals surface area (Å²) in [6.45, 7) is 1.79. The van der Waals surface area contributed by atoms with E-state index in [-0.39, 0.29) is 12.3 Å². The van der Waals surface area contributed by atoms with Gasteiger partial charge in [0.2, 0.25) is 0 Å². The van der Waals surface area contributed by atoms with Crippen LogP contribution in [0.1, 0.15) is 6.92 Å². The Labute approximate surface area is 165 Å². The van der Waals surface area contributed by atoms with Gasteiger partial charge in [-0.25, -0.2) is 14.5 Å². The van der Waals surface area contributed by atoms with E-state index in [0.29, 0.717) is 21.4 Å². The molecule has 0 aromatic heterocycles. The number of hydrogen-bond donors (Lipinski definition) is 0. The van der Waals surface area contributed by atoms with Crippen LogP contribution in [-0.2, 0) is 14.3 Å². The van der Waals surface area contributed by atoms with Crippen molar-refractivity contribution < 1.29 is 19.1 Å². The molecule has 27 heavy (non-hydrogen) atoms. The lowest BCUT2D eigenvalue weighted by Crippen LogP contribution is -2.32. The zero-order valence-corrected chi connectivity index (χ0v) is 15.7. The van der Waals surface area contributed by atoms with Crippen LogP contribution >= 0.6 is 23.2 Å². The second kappa shape index (κ2) is 7.82. The van der Waals surface area contributed by atoms with Crippen molar-refractivity contribution in [2.24, 2.45) is 0 Å². The SMILES string of the molecule is CCOC(=O)/C=C1/C(=O)N(c2ccc(Cl)cc2)C(=O)N1c1ccc(Cl)cc1. The summed E-state index contributed by atoms with van der Waals surface area (Å²) in [5.41, 5.74) is 0.612. The molecule has 0 spiro atoms. The van der Waals surface area contributed by atoms with Crippen molar-refractivity contribution in [1.82, 2.24) is 0 Å². The second-order valence-electron chi connectivity index (χ2n) is 5.49. The Morgan fingerprint density at radius 1 is 0.926 bits per heavy atom. The molecule has 2 aromatic rings. The molecule has 1 aliphatic heterocycles. The molecular weight excluding hydrogens is 391 g/mol. The summed E-state index contributed by atoms with van der Waals surface area (Å²) >= 11 is 11.8. The number of urea groups is 1. The van der Waals surface area contributed by atoms with Crippen LogP contribution in [0, 0.1) is 0 Å². The van der Waals surface area contributed by atoms with Crippen molar-refractivity contribution in [1.29, 1.82) is 0 Å². The van der Waals surface area contributed by atoms with Gasteiger partial charge in [-0.3, -0.25) is 9.69 Å². The minimum atomic E-state index is -0.717. The number of carbonyl (C=O) groups excluding carboxylic acids is 3. The Morgan fingerprint density at radius 3 is 1.89 bits per heavy atom. The quantitative estimate of drug-likeness (QED) is 0.429. The van der Waals surface area contributed by atoms with Crippen molar-refractivity contribution in [3.8, 4) is 0 Å². The standard InChI is InChI=1S/C19H14Cl2N2O4/c1-2-27-17(24)11-16-18(25)23(15-9-5-13(21)6-10-15)19(26)22(16)14-7-3-12(20)4-8-14/h3-11H,2H2,1H3/b16-11-. The first-order valence-corrected chi connectivity index (χ1v) is 8.76. The van der Waals surface area contributed by atoms with Gasteiger partial charge in [-0.1, -0.05) is 23.2 Å². The van der Waals surface area contributed by atoms with Gasteiger partial charge in [0, 0.05) is 10.0 Å². The zero-order chi connectivity index (χ0) is 19.6. The van der Waals surface area contributed by atoms with Crippen molar-refractivity contribution >= 4 is 52.5 Å². The first-order chi connectivity index (χ1) is 12.9. The third kappa shape index (κ3) is 3.82. The third-order valence-electron chi connectivity index (χ3n) is 3.76. The molecular formula is C19H14Cl2N2O4. The molecule has 0 unspecified atom stereocenters. The van der Waals surface area contributed by atoms with E-state index in [4.69, 9.17) is 27.9 Å². The number of nitrogens with zero attached hydrogens (tertiary/aromatic N) is 2. The van der Waals surface area contributed by atoms with Crippen molar-refractivity contribution in [3.63, 3.8) is 0 Å². The smallest absolute Gasteiger partial charge is 0.340 e. The number of rotatable bonds is 4. The summed E-state index contributed by atoms with van der Waals surface area (Å²) in [6, 6.07) is 11.9. The van der Waals surface area contributed by atoms with Gasteiger partial charge in [-0.15, -0.1) is 0 Å². The molecule has 2 aromatic carbocycles. The van der Waals surface area contributed by atoms with Crippen molar-refractivity contribution in [2.75, 3.05) is 16.4 Å². The summed E-state index contributed by atoms with van der Waals surface area (Å²) in [5.74, 6) is -1.36. The largest absolute Gasteiger partial charge is 0.463 e. The average molecular weight is 405 g/mol. The number of amides is 3. The Hall–Kier alpha value is -2.83. The lowest BCUT2D eigenvalue weighted by atomic mass is 10.2. The number of hydrogen-bond acceptors (Lipinski definition) is 4. The summed E-state index contributed by atoms with van der Waals surface area (Å²) in [6.07, 6.45) is 1.01. The van der Waals surface area contributed by atoms with Crippen LogP contribution < -0.4 is 9.80 Å². The van der Waals surface area contributed by atoms with Gasteiger partial charge in [-0.2, -0.15) is 0 Å². The number of benzene rings is 2. The number of anilines is 2. The van der Waals surface area contributed by atoms with E-state index in [9.17, 15) is 14.4 Å². The lowest BCUT2D eigenvalue weighted by Gasteiger charge is -2.17. The highest BCUT2D eigenvalue weighted by molar-refractivity contribution is 6.35. The highest BCUT2D eigenvalue weighted by Gasteiger charge is 2.43. The number of ether oxygens (including phenoxy) is 1. The Balaban J connectivity index is 2.08. The molecule has 3 amide bonds. The molecule has 0 atom stereocenters. The van der Waals surface area contributed by atoms with Gasteiger partial charge < -0.3 is 4.74 Å². The highest BCUT2D eigenvalue weighted by Crippen LogP contribution is 2.33. The van der Waals surface area contributed by atoms with Gasteiger partial charge in [0.15, 0.2) is 0 Å². The third-order valence-corrected chi connectivity index (χ3v) is 4.26. The molecule has 0 aliphatic carbocycles. The van der Waals surface area contributed by atoms with E-state index in [0.717, 1.165) is 15.9 Å². The van der Waals surface area contributed by atoms with Crippen molar-refractivity contribution in [2.45, 2.75) is 6.92 Å². The average Bonchev–Trinajstić information content (AvgIpc) is 2.87. The summed E-state index contributed by atoms with van der Waals surface area (Å²) in [7, 11) is 0. The van der Waals surface area contributed by atoms with Crippen LogP contribution in [0.25, 0.3) is 0 Å². The Bertz CT molecular complexity index is 924. The minimum absolute atomic E-state index is 0.115. The first-order valence-electron chi connectivity index (χ1n) is 8.00. The van der Waals surface area contributed by atoms with Crippen LogP contribution in [0.2, 0.25) is 10.0 Å². The molecule has 0 bridgehead atoms.